The van der Waals surface area contributed by atoms with Crippen molar-refractivity contribution in [2.45, 2.75) is 38.2 Å². The fourth-order valence-corrected chi connectivity index (χ4v) is 2.67. The molecule has 0 saturated carbocycles. The molecule has 1 aliphatic heterocycles. The summed E-state index contributed by atoms with van der Waals surface area (Å²) in [7, 11) is 0. The lowest BCUT2D eigenvalue weighted by molar-refractivity contribution is -0.384. The lowest BCUT2D eigenvalue weighted by Gasteiger charge is -2.35. The predicted molar refractivity (Wildman–Crippen MR) is 77.9 cm³/mol. The number of likely N-dealkylation sites (tertiary alicyclic amines) is 1. The van der Waals surface area contributed by atoms with Crippen LogP contribution in [0.15, 0.2) is 24.3 Å². The highest BCUT2D eigenvalue weighted by Gasteiger charge is 2.32. The predicted octanol–water partition coefficient (Wildman–Crippen LogP) is 2.07. The van der Waals surface area contributed by atoms with Crippen molar-refractivity contribution in [2.24, 2.45) is 0 Å². The number of rotatable bonds is 3. The van der Waals surface area contributed by atoms with E-state index in [1.807, 2.05) is 0 Å². The van der Waals surface area contributed by atoms with Crippen LogP contribution >= 0.6 is 0 Å². The Morgan fingerprint density at radius 2 is 1.81 bits per heavy atom. The molecule has 0 aromatic heterocycles. The molecule has 6 heteroatoms. The molecular weight excluding hydrogens is 272 g/mol. The lowest BCUT2D eigenvalue weighted by atomic mass is 9.89. The Kier molecular flexibility index (Phi) is 4.27. The Hall–Kier alpha value is -1.95. The number of benzene rings is 1. The van der Waals surface area contributed by atoms with Crippen LogP contribution in [0.5, 0.6) is 0 Å². The van der Waals surface area contributed by atoms with Crippen LogP contribution in [0.3, 0.4) is 0 Å². The van der Waals surface area contributed by atoms with E-state index in [0.29, 0.717) is 19.0 Å². The molecule has 2 rings (SSSR count). The summed E-state index contributed by atoms with van der Waals surface area (Å²) in [5.41, 5.74) is -0.176. The number of non-ortho nitro benzene ring substituents is 1. The maximum Gasteiger partial charge on any atom is 0.269 e. The molecule has 1 fully saturated rings. The van der Waals surface area contributed by atoms with Crippen LogP contribution in [0.25, 0.3) is 0 Å². The fourth-order valence-electron chi connectivity index (χ4n) is 2.67. The molecule has 0 spiro atoms. The van der Waals surface area contributed by atoms with E-state index in [1.165, 1.54) is 26.0 Å². The molecule has 1 aliphatic rings. The summed E-state index contributed by atoms with van der Waals surface area (Å²) in [6.07, 6.45) is 1.61. The third kappa shape index (κ3) is 3.58. The summed E-state index contributed by atoms with van der Waals surface area (Å²) in [5, 5.41) is 20.4. The van der Waals surface area contributed by atoms with E-state index >= 15 is 0 Å². The molecule has 1 heterocycles. The van der Waals surface area contributed by atoms with Crippen LogP contribution in [-0.2, 0) is 4.79 Å². The average Bonchev–Trinajstić information content (AvgIpc) is 2.46. The number of nitro benzene ring substituents is 1. The zero-order valence-electron chi connectivity index (χ0n) is 12.3. The number of carbonyl (C=O) groups is 1. The third-order valence-electron chi connectivity index (χ3n) is 3.88. The Morgan fingerprint density at radius 3 is 2.24 bits per heavy atom. The number of nitro groups is 1. The molecule has 114 valence electrons. The molecule has 0 unspecified atom stereocenters. The van der Waals surface area contributed by atoms with Crippen LogP contribution in [0.2, 0.25) is 0 Å². The second-order valence-electron chi connectivity index (χ2n) is 5.97. The maximum absolute atomic E-state index is 12.0. The van der Waals surface area contributed by atoms with Gasteiger partial charge in [0.2, 0.25) is 0 Å². The van der Waals surface area contributed by atoms with Crippen molar-refractivity contribution >= 4 is 11.6 Å². The Labute approximate surface area is 123 Å². The number of hydrogen-bond donors (Lipinski definition) is 1. The second-order valence-corrected chi connectivity index (χ2v) is 5.97. The summed E-state index contributed by atoms with van der Waals surface area (Å²) in [6.45, 7) is 4.20. The van der Waals surface area contributed by atoms with Crippen molar-refractivity contribution in [3.05, 3.63) is 39.9 Å². The third-order valence-corrected chi connectivity index (χ3v) is 3.88. The molecule has 1 amide bonds. The monoisotopic (exact) mass is 292 g/mol. The zero-order chi connectivity index (χ0) is 15.6. The number of piperidine rings is 1. The highest BCUT2D eigenvalue weighted by Crippen LogP contribution is 2.29. The normalized spacial score (nSPS) is 16.8. The maximum atomic E-state index is 12.0. The summed E-state index contributed by atoms with van der Waals surface area (Å²) >= 11 is 0. The standard InChI is InChI=1S/C15H20N2O4/c1-15(2,19)14(18)16-9-7-12(8-10-16)11-3-5-13(6-4-11)17(20)21/h3-6,12,19H,7-10H2,1-2H3. The highest BCUT2D eigenvalue weighted by molar-refractivity contribution is 5.84. The second kappa shape index (κ2) is 5.81. The van der Waals surface area contributed by atoms with Crippen molar-refractivity contribution in [3.8, 4) is 0 Å². The van der Waals surface area contributed by atoms with E-state index in [1.54, 1.807) is 17.0 Å². The number of amides is 1. The number of hydrogen-bond acceptors (Lipinski definition) is 4. The number of aliphatic hydroxyl groups is 1. The van der Waals surface area contributed by atoms with E-state index < -0.39 is 10.5 Å². The summed E-state index contributed by atoms with van der Waals surface area (Å²) in [6, 6.07) is 6.61. The Balaban J connectivity index is 1.98. The van der Waals surface area contributed by atoms with Crippen LogP contribution in [-0.4, -0.2) is 39.5 Å². The van der Waals surface area contributed by atoms with Gasteiger partial charge in [-0.15, -0.1) is 0 Å². The first-order valence-electron chi connectivity index (χ1n) is 7.05. The van der Waals surface area contributed by atoms with Gasteiger partial charge in [0.25, 0.3) is 11.6 Å². The van der Waals surface area contributed by atoms with Gasteiger partial charge >= 0.3 is 0 Å². The van der Waals surface area contributed by atoms with Crippen LogP contribution in [0, 0.1) is 10.1 Å². The summed E-state index contributed by atoms with van der Waals surface area (Å²) in [4.78, 5) is 23.9. The molecule has 21 heavy (non-hydrogen) atoms. The van der Waals surface area contributed by atoms with E-state index in [0.717, 1.165) is 18.4 Å². The first-order chi connectivity index (χ1) is 9.79. The van der Waals surface area contributed by atoms with Crippen LogP contribution < -0.4 is 0 Å². The quantitative estimate of drug-likeness (QED) is 0.683. The molecule has 6 nitrogen and oxygen atoms in total. The van der Waals surface area contributed by atoms with Gasteiger partial charge in [-0.3, -0.25) is 14.9 Å². The Morgan fingerprint density at radius 1 is 1.29 bits per heavy atom. The van der Waals surface area contributed by atoms with Gasteiger partial charge in [0, 0.05) is 25.2 Å². The topological polar surface area (TPSA) is 83.7 Å². The van der Waals surface area contributed by atoms with Gasteiger partial charge in [-0.2, -0.15) is 0 Å². The average molecular weight is 292 g/mol. The van der Waals surface area contributed by atoms with E-state index in [2.05, 4.69) is 0 Å². The first-order valence-corrected chi connectivity index (χ1v) is 7.05. The van der Waals surface area contributed by atoms with Gasteiger partial charge in [0.15, 0.2) is 0 Å². The molecule has 1 N–H and O–H groups in total. The molecule has 0 radical (unpaired) electrons. The number of nitrogens with zero attached hydrogens (tertiary/aromatic N) is 2. The van der Waals surface area contributed by atoms with Gasteiger partial charge in [0.1, 0.15) is 5.60 Å². The van der Waals surface area contributed by atoms with Gasteiger partial charge in [0.05, 0.1) is 4.92 Å². The Bertz CT molecular complexity index is 526. The first kappa shape index (κ1) is 15.4. The summed E-state index contributed by atoms with van der Waals surface area (Å²) < 4.78 is 0. The van der Waals surface area contributed by atoms with Crippen molar-refractivity contribution in [3.63, 3.8) is 0 Å². The van der Waals surface area contributed by atoms with Gasteiger partial charge in [-0.05, 0) is 38.2 Å². The van der Waals surface area contributed by atoms with Crippen molar-refractivity contribution < 1.29 is 14.8 Å². The lowest BCUT2D eigenvalue weighted by Crippen LogP contribution is -2.48. The van der Waals surface area contributed by atoms with Crippen molar-refractivity contribution in [1.82, 2.24) is 4.90 Å². The highest BCUT2D eigenvalue weighted by atomic mass is 16.6. The van der Waals surface area contributed by atoms with E-state index in [9.17, 15) is 20.0 Å². The minimum Gasteiger partial charge on any atom is -0.381 e. The van der Waals surface area contributed by atoms with Crippen molar-refractivity contribution in [2.75, 3.05) is 13.1 Å². The smallest absolute Gasteiger partial charge is 0.269 e. The van der Waals surface area contributed by atoms with Crippen LogP contribution in [0.4, 0.5) is 5.69 Å². The van der Waals surface area contributed by atoms with Crippen molar-refractivity contribution in [1.29, 1.82) is 0 Å². The van der Waals surface area contributed by atoms with E-state index in [4.69, 9.17) is 0 Å². The van der Waals surface area contributed by atoms with Gasteiger partial charge in [-0.25, -0.2) is 0 Å². The number of carbonyl (C=O) groups excluding carboxylic acids is 1. The van der Waals surface area contributed by atoms with Gasteiger partial charge in [-0.1, -0.05) is 12.1 Å². The molecule has 0 bridgehead atoms. The molecule has 1 aromatic carbocycles. The minimum absolute atomic E-state index is 0.0911. The molecular formula is C15H20N2O4. The zero-order valence-corrected chi connectivity index (χ0v) is 12.3. The SMILES string of the molecule is CC(C)(O)C(=O)N1CCC(c2ccc([N+](=O)[O-])cc2)CC1. The molecule has 0 aliphatic carbocycles. The molecule has 1 aromatic rings. The molecule has 0 atom stereocenters. The largest absolute Gasteiger partial charge is 0.381 e. The van der Waals surface area contributed by atoms with E-state index in [-0.39, 0.29) is 11.6 Å². The summed E-state index contributed by atoms with van der Waals surface area (Å²) in [5.74, 6) is 0.0568. The fraction of sp³-hybridized carbons (Fsp3) is 0.533. The van der Waals surface area contributed by atoms with Crippen LogP contribution in [0.1, 0.15) is 38.2 Å². The molecule has 1 saturated heterocycles. The minimum atomic E-state index is -1.33. The van der Waals surface area contributed by atoms with Gasteiger partial charge < -0.3 is 10.0 Å².